The van der Waals surface area contributed by atoms with E-state index in [1.54, 1.807) is 0 Å². The van der Waals surface area contributed by atoms with Gasteiger partial charge < -0.3 is 14.6 Å². The fourth-order valence-corrected chi connectivity index (χ4v) is 1.55. The number of benzene rings is 1. The van der Waals surface area contributed by atoms with E-state index in [1.807, 2.05) is 18.2 Å². The van der Waals surface area contributed by atoms with Gasteiger partial charge in [0.15, 0.2) is 0 Å². The molecule has 1 unspecified atom stereocenters. The fourth-order valence-electron chi connectivity index (χ4n) is 1.29. The van der Waals surface area contributed by atoms with E-state index in [0.29, 0.717) is 23.8 Å². The summed E-state index contributed by atoms with van der Waals surface area (Å²) >= 11 is 6.02. The van der Waals surface area contributed by atoms with Gasteiger partial charge in [-0.25, -0.2) is 0 Å². The van der Waals surface area contributed by atoms with E-state index < -0.39 is 0 Å². The van der Waals surface area contributed by atoms with E-state index >= 15 is 0 Å². The maximum absolute atomic E-state index is 8.77. The maximum Gasteiger partial charge on any atom is 0.138 e. The minimum absolute atomic E-state index is 0.131. The van der Waals surface area contributed by atoms with Crippen molar-refractivity contribution in [1.82, 2.24) is 0 Å². The molecular formula is C11H13ClO3. The highest BCUT2D eigenvalue weighted by molar-refractivity contribution is 6.32. The van der Waals surface area contributed by atoms with Crippen LogP contribution in [0.15, 0.2) is 18.2 Å². The smallest absolute Gasteiger partial charge is 0.138 e. The third kappa shape index (κ3) is 3.09. The topological polar surface area (TPSA) is 42.0 Å². The monoisotopic (exact) mass is 228 g/mol. The molecule has 0 radical (unpaired) electrons. The lowest BCUT2D eigenvalue weighted by molar-refractivity contribution is 0.263. The van der Waals surface area contributed by atoms with Crippen LogP contribution in [0.5, 0.6) is 5.75 Å². The van der Waals surface area contributed by atoms with Gasteiger partial charge in [-0.3, -0.25) is 0 Å². The lowest BCUT2D eigenvalue weighted by atomic mass is 10.1. The number of hydrogen-bond acceptors (Lipinski definition) is 3. The lowest BCUT2D eigenvalue weighted by Crippen LogP contribution is -2.04. The van der Waals surface area contributed by atoms with Crippen molar-refractivity contribution in [3.8, 4) is 5.75 Å². The van der Waals surface area contributed by atoms with Crippen molar-refractivity contribution in [2.75, 3.05) is 19.8 Å². The van der Waals surface area contributed by atoms with Gasteiger partial charge in [0.1, 0.15) is 18.5 Å². The Morgan fingerprint density at radius 3 is 2.93 bits per heavy atom. The van der Waals surface area contributed by atoms with E-state index in [4.69, 9.17) is 26.2 Å². The number of halogens is 1. The van der Waals surface area contributed by atoms with Crippen LogP contribution in [0.3, 0.4) is 0 Å². The Morgan fingerprint density at radius 2 is 2.33 bits per heavy atom. The van der Waals surface area contributed by atoms with Crippen LogP contribution in [0.2, 0.25) is 5.02 Å². The number of aliphatic hydroxyl groups excluding tert-OH is 1. The molecule has 15 heavy (non-hydrogen) atoms. The van der Waals surface area contributed by atoms with E-state index in [-0.39, 0.29) is 12.7 Å². The zero-order chi connectivity index (χ0) is 10.7. The Bertz CT molecular complexity index is 337. The Morgan fingerprint density at radius 1 is 1.53 bits per heavy atom. The number of hydrogen-bond donors (Lipinski definition) is 1. The minimum Gasteiger partial charge on any atom is -0.489 e. The highest BCUT2D eigenvalue weighted by Crippen LogP contribution is 2.26. The predicted octanol–water partition coefficient (Wildman–Crippen LogP) is 1.65. The molecule has 0 aliphatic carbocycles. The number of ether oxygens (including phenoxy) is 2. The second-order valence-corrected chi connectivity index (χ2v) is 3.91. The molecule has 1 N–H and O–H groups in total. The average molecular weight is 229 g/mol. The van der Waals surface area contributed by atoms with Crippen LogP contribution >= 0.6 is 11.6 Å². The molecule has 82 valence electrons. The quantitative estimate of drug-likeness (QED) is 0.780. The Labute approximate surface area is 93.6 Å². The SMILES string of the molecule is OCCc1ccc(OCC2CO2)c(Cl)c1. The first-order valence-corrected chi connectivity index (χ1v) is 5.31. The molecule has 3 nitrogen and oxygen atoms in total. The van der Waals surface area contributed by atoms with Crippen molar-refractivity contribution in [3.63, 3.8) is 0 Å². The van der Waals surface area contributed by atoms with Gasteiger partial charge in [0.25, 0.3) is 0 Å². The van der Waals surface area contributed by atoms with Gasteiger partial charge in [0, 0.05) is 6.61 Å². The van der Waals surface area contributed by atoms with Crippen molar-refractivity contribution >= 4 is 11.6 Å². The van der Waals surface area contributed by atoms with Crippen molar-refractivity contribution < 1.29 is 14.6 Å². The van der Waals surface area contributed by atoms with Gasteiger partial charge in [0.2, 0.25) is 0 Å². The largest absolute Gasteiger partial charge is 0.489 e. The molecule has 0 bridgehead atoms. The summed E-state index contributed by atoms with van der Waals surface area (Å²) < 4.78 is 10.5. The second-order valence-electron chi connectivity index (χ2n) is 3.50. The molecule has 0 saturated carbocycles. The van der Waals surface area contributed by atoms with Crippen LogP contribution in [-0.2, 0) is 11.2 Å². The van der Waals surface area contributed by atoms with Crippen LogP contribution < -0.4 is 4.74 Å². The van der Waals surface area contributed by atoms with Crippen molar-refractivity contribution in [1.29, 1.82) is 0 Å². The normalized spacial score (nSPS) is 18.9. The number of aliphatic hydroxyl groups is 1. The summed E-state index contributed by atoms with van der Waals surface area (Å²) in [5, 5.41) is 9.36. The summed E-state index contributed by atoms with van der Waals surface area (Å²) in [5.74, 6) is 0.675. The fraction of sp³-hybridized carbons (Fsp3) is 0.455. The van der Waals surface area contributed by atoms with Gasteiger partial charge in [-0.2, -0.15) is 0 Å². The average Bonchev–Trinajstić information content (AvgIpc) is 3.01. The highest BCUT2D eigenvalue weighted by atomic mass is 35.5. The van der Waals surface area contributed by atoms with E-state index in [2.05, 4.69) is 0 Å². The summed E-state index contributed by atoms with van der Waals surface area (Å²) in [6, 6.07) is 5.56. The summed E-state index contributed by atoms with van der Waals surface area (Å²) in [6.45, 7) is 1.46. The van der Waals surface area contributed by atoms with Crippen LogP contribution in [0.1, 0.15) is 5.56 Å². The summed E-state index contributed by atoms with van der Waals surface area (Å²) in [6.07, 6.45) is 0.851. The zero-order valence-corrected chi connectivity index (χ0v) is 9.04. The Hall–Kier alpha value is -0.770. The zero-order valence-electron chi connectivity index (χ0n) is 8.28. The molecular weight excluding hydrogens is 216 g/mol. The van der Waals surface area contributed by atoms with Gasteiger partial charge in [-0.1, -0.05) is 17.7 Å². The van der Waals surface area contributed by atoms with Crippen LogP contribution in [0.25, 0.3) is 0 Å². The third-order valence-electron chi connectivity index (χ3n) is 2.22. The Kier molecular flexibility index (Phi) is 3.46. The lowest BCUT2D eigenvalue weighted by Gasteiger charge is -2.07. The molecule has 2 rings (SSSR count). The second kappa shape index (κ2) is 4.84. The maximum atomic E-state index is 8.77. The summed E-state index contributed by atoms with van der Waals surface area (Å²) in [5.41, 5.74) is 1.01. The number of rotatable bonds is 5. The molecule has 0 spiro atoms. The standard InChI is InChI=1S/C11H13ClO3/c12-10-5-8(3-4-13)1-2-11(10)15-7-9-6-14-9/h1-2,5,9,13H,3-4,6-7H2. The van der Waals surface area contributed by atoms with Gasteiger partial charge >= 0.3 is 0 Å². The number of epoxide rings is 1. The summed E-state index contributed by atoms with van der Waals surface area (Å²) in [7, 11) is 0. The molecule has 1 aliphatic rings. The minimum atomic E-state index is 0.131. The van der Waals surface area contributed by atoms with Crippen molar-refractivity contribution in [2.45, 2.75) is 12.5 Å². The van der Waals surface area contributed by atoms with E-state index in [1.165, 1.54) is 0 Å². The van der Waals surface area contributed by atoms with E-state index in [9.17, 15) is 0 Å². The molecule has 1 aromatic rings. The van der Waals surface area contributed by atoms with Crippen molar-refractivity contribution in [2.24, 2.45) is 0 Å². The van der Waals surface area contributed by atoms with Crippen LogP contribution in [-0.4, -0.2) is 31.0 Å². The first kappa shape index (κ1) is 10.7. The molecule has 0 amide bonds. The molecule has 1 aliphatic heterocycles. The van der Waals surface area contributed by atoms with Gasteiger partial charge in [0.05, 0.1) is 11.6 Å². The third-order valence-corrected chi connectivity index (χ3v) is 2.52. The van der Waals surface area contributed by atoms with Crippen LogP contribution in [0.4, 0.5) is 0 Å². The van der Waals surface area contributed by atoms with Crippen molar-refractivity contribution in [3.05, 3.63) is 28.8 Å². The molecule has 1 fully saturated rings. The molecule has 1 atom stereocenters. The molecule has 1 saturated heterocycles. The van der Waals surface area contributed by atoms with Gasteiger partial charge in [-0.05, 0) is 24.1 Å². The van der Waals surface area contributed by atoms with Gasteiger partial charge in [-0.15, -0.1) is 0 Å². The predicted molar refractivity (Wildman–Crippen MR) is 57.5 cm³/mol. The highest BCUT2D eigenvalue weighted by Gasteiger charge is 2.23. The molecule has 4 heteroatoms. The molecule has 1 heterocycles. The Balaban J connectivity index is 1.97. The van der Waals surface area contributed by atoms with E-state index in [0.717, 1.165) is 12.2 Å². The van der Waals surface area contributed by atoms with Crippen LogP contribution in [0, 0.1) is 0 Å². The summed E-state index contributed by atoms with van der Waals surface area (Å²) in [4.78, 5) is 0. The molecule has 1 aromatic carbocycles. The first-order valence-electron chi connectivity index (χ1n) is 4.93. The molecule has 0 aromatic heterocycles. The first-order chi connectivity index (χ1) is 7.29.